The Morgan fingerprint density at radius 3 is 2.50 bits per heavy atom. The van der Waals surface area contributed by atoms with Crippen LogP contribution in [-0.4, -0.2) is 11.0 Å². The van der Waals surface area contributed by atoms with E-state index in [1.54, 1.807) is 6.20 Å². The molecule has 0 bridgehead atoms. The summed E-state index contributed by atoms with van der Waals surface area (Å²) in [5.41, 5.74) is 1.02. The highest BCUT2D eigenvalue weighted by atomic mass is 79.9. The summed E-state index contributed by atoms with van der Waals surface area (Å²) in [7, 11) is 0. The molecule has 0 amide bonds. The van der Waals surface area contributed by atoms with Gasteiger partial charge in [-0.3, -0.25) is 0 Å². The van der Waals surface area contributed by atoms with Crippen molar-refractivity contribution >= 4 is 31.9 Å². The molecule has 0 radical (unpaired) electrons. The van der Waals surface area contributed by atoms with Crippen molar-refractivity contribution in [3.8, 4) is 11.6 Å². The van der Waals surface area contributed by atoms with Crippen LogP contribution in [0, 0.1) is 0 Å². The van der Waals surface area contributed by atoms with Gasteiger partial charge in [0.05, 0.1) is 0 Å². The van der Waals surface area contributed by atoms with E-state index in [-0.39, 0.29) is 0 Å². The molecule has 2 rings (SSSR count). The Hall–Kier alpha value is -0.910. The van der Waals surface area contributed by atoms with Crippen molar-refractivity contribution in [2.45, 2.75) is 26.4 Å². The molecule has 0 fully saturated rings. The Labute approximate surface area is 136 Å². The monoisotopic (exact) mass is 398 g/mol. The van der Waals surface area contributed by atoms with Gasteiger partial charge < -0.3 is 10.1 Å². The largest absolute Gasteiger partial charge is 0.439 e. The number of halogens is 2. The Balaban J connectivity index is 2.19. The minimum atomic E-state index is 0.412. The lowest BCUT2D eigenvalue weighted by atomic mass is 10.2. The van der Waals surface area contributed by atoms with E-state index >= 15 is 0 Å². The number of hydrogen-bond donors (Lipinski definition) is 1. The lowest BCUT2D eigenvalue weighted by molar-refractivity contribution is 0.450. The lowest BCUT2D eigenvalue weighted by Gasteiger charge is -2.13. The van der Waals surface area contributed by atoms with Gasteiger partial charge in [-0.2, -0.15) is 0 Å². The van der Waals surface area contributed by atoms with Crippen molar-refractivity contribution in [3.63, 3.8) is 0 Å². The van der Waals surface area contributed by atoms with Crippen LogP contribution >= 0.6 is 31.9 Å². The number of nitrogens with one attached hydrogen (secondary N) is 1. The SMILES string of the molecule is CC(C)NCc1cc(Br)cnc1Oc1ccc(Br)cc1. The number of ether oxygens (including phenoxy) is 1. The molecule has 5 heteroatoms. The molecule has 0 spiro atoms. The standard InChI is InChI=1S/C15H16Br2N2O/c1-10(2)18-8-11-7-13(17)9-19-15(11)20-14-5-3-12(16)4-6-14/h3-7,9-10,18H,8H2,1-2H3. The van der Waals surface area contributed by atoms with Gasteiger partial charge in [-0.25, -0.2) is 4.98 Å². The quantitative estimate of drug-likeness (QED) is 0.776. The molecule has 106 valence electrons. The maximum absolute atomic E-state index is 5.86. The number of hydrogen-bond acceptors (Lipinski definition) is 3. The maximum atomic E-state index is 5.86. The van der Waals surface area contributed by atoms with E-state index in [0.29, 0.717) is 11.9 Å². The summed E-state index contributed by atoms with van der Waals surface area (Å²) in [6.07, 6.45) is 1.74. The zero-order valence-corrected chi connectivity index (χ0v) is 14.5. The average Bonchev–Trinajstić information content (AvgIpc) is 2.41. The molecule has 0 aliphatic rings. The third-order valence-corrected chi connectivity index (χ3v) is 3.58. The van der Waals surface area contributed by atoms with Crippen LogP contribution in [0.15, 0.2) is 45.5 Å². The Morgan fingerprint density at radius 2 is 1.85 bits per heavy atom. The van der Waals surface area contributed by atoms with E-state index in [2.05, 4.69) is 56.0 Å². The summed E-state index contributed by atoms with van der Waals surface area (Å²) in [5.74, 6) is 1.40. The smallest absolute Gasteiger partial charge is 0.223 e. The molecule has 1 N–H and O–H groups in total. The van der Waals surface area contributed by atoms with Crippen molar-refractivity contribution in [1.29, 1.82) is 0 Å². The van der Waals surface area contributed by atoms with Crippen LogP contribution in [0.3, 0.4) is 0 Å². The highest BCUT2D eigenvalue weighted by Gasteiger charge is 2.08. The first-order valence-electron chi connectivity index (χ1n) is 6.36. The maximum Gasteiger partial charge on any atom is 0.223 e. The third-order valence-electron chi connectivity index (χ3n) is 2.62. The van der Waals surface area contributed by atoms with Crippen molar-refractivity contribution in [3.05, 3.63) is 51.0 Å². The van der Waals surface area contributed by atoms with Gasteiger partial charge in [0.2, 0.25) is 5.88 Å². The van der Waals surface area contributed by atoms with Crippen molar-refractivity contribution in [2.24, 2.45) is 0 Å². The van der Waals surface area contributed by atoms with Gasteiger partial charge >= 0.3 is 0 Å². The van der Waals surface area contributed by atoms with Gasteiger partial charge in [-0.15, -0.1) is 0 Å². The van der Waals surface area contributed by atoms with Crippen LogP contribution in [0.4, 0.5) is 0 Å². The second-order valence-corrected chi connectivity index (χ2v) is 6.54. The second kappa shape index (κ2) is 7.20. The molecule has 0 saturated heterocycles. The molecule has 1 aromatic carbocycles. The van der Waals surface area contributed by atoms with Crippen LogP contribution in [0.2, 0.25) is 0 Å². The first-order chi connectivity index (χ1) is 9.54. The van der Waals surface area contributed by atoms with Crippen LogP contribution in [-0.2, 0) is 6.54 Å². The van der Waals surface area contributed by atoms with Crippen molar-refractivity contribution in [2.75, 3.05) is 0 Å². The summed E-state index contributed by atoms with van der Waals surface area (Å²) < 4.78 is 7.83. The average molecular weight is 400 g/mol. The normalized spacial score (nSPS) is 10.8. The first kappa shape index (κ1) is 15.5. The molecule has 1 heterocycles. The number of rotatable bonds is 5. The summed E-state index contributed by atoms with van der Waals surface area (Å²) in [4.78, 5) is 4.35. The van der Waals surface area contributed by atoms with Gasteiger partial charge in [0, 0.05) is 33.3 Å². The van der Waals surface area contributed by atoms with Crippen LogP contribution < -0.4 is 10.1 Å². The molecule has 2 aromatic rings. The Bertz CT molecular complexity index is 571. The molecule has 1 aromatic heterocycles. The van der Waals surface area contributed by atoms with Crippen LogP contribution in [0.1, 0.15) is 19.4 Å². The van der Waals surface area contributed by atoms with E-state index in [0.717, 1.165) is 26.8 Å². The second-order valence-electron chi connectivity index (χ2n) is 4.71. The van der Waals surface area contributed by atoms with E-state index < -0.39 is 0 Å². The molecule has 0 aliphatic carbocycles. The summed E-state index contributed by atoms with van der Waals surface area (Å²) in [6, 6.07) is 10.1. The molecule has 20 heavy (non-hydrogen) atoms. The van der Waals surface area contributed by atoms with Gasteiger partial charge in [0.25, 0.3) is 0 Å². The highest BCUT2D eigenvalue weighted by Crippen LogP contribution is 2.26. The first-order valence-corrected chi connectivity index (χ1v) is 7.94. The predicted molar refractivity (Wildman–Crippen MR) is 88.1 cm³/mol. The molecule has 0 atom stereocenters. The molecule has 0 unspecified atom stereocenters. The minimum Gasteiger partial charge on any atom is -0.439 e. The lowest BCUT2D eigenvalue weighted by Crippen LogP contribution is -2.22. The van der Waals surface area contributed by atoms with E-state index in [1.165, 1.54) is 0 Å². The zero-order chi connectivity index (χ0) is 14.5. The highest BCUT2D eigenvalue weighted by molar-refractivity contribution is 9.10. The van der Waals surface area contributed by atoms with Gasteiger partial charge in [-0.1, -0.05) is 29.8 Å². The third kappa shape index (κ3) is 4.58. The number of benzene rings is 1. The van der Waals surface area contributed by atoms with Crippen molar-refractivity contribution in [1.82, 2.24) is 10.3 Å². The fraction of sp³-hybridized carbons (Fsp3) is 0.267. The summed E-state index contributed by atoms with van der Waals surface area (Å²) in [5, 5.41) is 3.38. The molecular weight excluding hydrogens is 384 g/mol. The van der Waals surface area contributed by atoms with E-state index in [1.807, 2.05) is 30.3 Å². The van der Waals surface area contributed by atoms with Gasteiger partial charge in [0.1, 0.15) is 5.75 Å². The fourth-order valence-electron chi connectivity index (χ4n) is 1.62. The Morgan fingerprint density at radius 1 is 1.15 bits per heavy atom. The Kier molecular flexibility index (Phi) is 5.57. The number of nitrogens with zero attached hydrogens (tertiary/aromatic N) is 1. The van der Waals surface area contributed by atoms with Gasteiger partial charge in [0.15, 0.2) is 0 Å². The van der Waals surface area contributed by atoms with Crippen LogP contribution in [0.25, 0.3) is 0 Å². The number of aromatic nitrogens is 1. The molecular formula is C15H16Br2N2O. The molecule has 3 nitrogen and oxygen atoms in total. The summed E-state index contributed by atoms with van der Waals surface area (Å²) in [6.45, 7) is 4.94. The molecule has 0 aliphatic heterocycles. The van der Waals surface area contributed by atoms with Crippen molar-refractivity contribution < 1.29 is 4.74 Å². The summed E-state index contributed by atoms with van der Waals surface area (Å²) >= 11 is 6.85. The predicted octanol–water partition coefficient (Wildman–Crippen LogP) is 4.90. The van der Waals surface area contributed by atoms with Crippen LogP contribution in [0.5, 0.6) is 11.6 Å². The topological polar surface area (TPSA) is 34.2 Å². The van der Waals surface area contributed by atoms with Gasteiger partial charge in [-0.05, 0) is 46.3 Å². The van der Waals surface area contributed by atoms with E-state index in [4.69, 9.17) is 4.74 Å². The van der Waals surface area contributed by atoms with E-state index in [9.17, 15) is 0 Å². The minimum absolute atomic E-state index is 0.412. The fourth-order valence-corrected chi connectivity index (χ4v) is 2.26. The zero-order valence-electron chi connectivity index (χ0n) is 11.4. The number of pyridine rings is 1. The molecule has 0 saturated carbocycles.